The van der Waals surface area contributed by atoms with Crippen LogP contribution in [0.5, 0.6) is 5.75 Å². The molecular weight excluding hydrogens is 257 g/mol. The summed E-state index contributed by atoms with van der Waals surface area (Å²) in [4.78, 5) is 8.50. The number of fused-ring (bicyclic) bond motifs is 1. The third kappa shape index (κ3) is 1.93. The van der Waals surface area contributed by atoms with E-state index in [1.807, 2.05) is 0 Å². The van der Waals surface area contributed by atoms with Gasteiger partial charge in [-0.3, -0.25) is 0 Å². The summed E-state index contributed by atoms with van der Waals surface area (Å²) >= 11 is 0. The predicted octanol–water partition coefficient (Wildman–Crippen LogP) is 3.03. The topological polar surface area (TPSA) is 61.0 Å². The summed E-state index contributed by atoms with van der Waals surface area (Å²) in [7, 11) is 1.54. The first-order chi connectivity index (χ1) is 9.70. The number of nitrogens with zero attached hydrogens (tertiary/aromatic N) is 2. The summed E-state index contributed by atoms with van der Waals surface area (Å²) in [6, 6.07) is 10.0. The predicted molar refractivity (Wildman–Crippen MR) is 75.9 cm³/mol. The van der Waals surface area contributed by atoms with Crippen molar-refractivity contribution in [1.29, 1.82) is 0 Å². The molecule has 0 saturated heterocycles. The Kier molecular flexibility index (Phi) is 2.95. The first-order valence-corrected chi connectivity index (χ1v) is 6.05. The second kappa shape index (κ2) is 4.77. The van der Waals surface area contributed by atoms with Crippen LogP contribution in [0.1, 0.15) is 0 Å². The molecular formula is C15H12FN3O. The molecule has 1 aromatic heterocycles. The van der Waals surface area contributed by atoms with Crippen molar-refractivity contribution in [3.8, 4) is 16.9 Å². The lowest BCUT2D eigenvalue weighted by Crippen LogP contribution is -1.97. The minimum absolute atomic E-state index is 0.293. The Labute approximate surface area is 115 Å². The van der Waals surface area contributed by atoms with Gasteiger partial charge in [0.15, 0.2) is 0 Å². The van der Waals surface area contributed by atoms with Gasteiger partial charge in [-0.25, -0.2) is 14.4 Å². The lowest BCUT2D eigenvalue weighted by Gasteiger charge is -2.10. The summed E-state index contributed by atoms with van der Waals surface area (Å²) in [5.41, 5.74) is 7.87. The summed E-state index contributed by atoms with van der Waals surface area (Å²) < 4.78 is 19.2. The highest BCUT2D eigenvalue weighted by Gasteiger charge is 2.13. The van der Waals surface area contributed by atoms with Gasteiger partial charge in [-0.2, -0.15) is 0 Å². The number of aromatic nitrogens is 2. The first kappa shape index (κ1) is 12.3. The van der Waals surface area contributed by atoms with E-state index >= 15 is 0 Å². The van der Waals surface area contributed by atoms with Crippen LogP contribution in [0, 0.1) is 5.82 Å². The summed E-state index contributed by atoms with van der Waals surface area (Å²) in [6.07, 6.45) is 1.45. The lowest BCUT2D eigenvalue weighted by molar-refractivity contribution is 0.419. The molecule has 3 rings (SSSR count). The fourth-order valence-electron chi connectivity index (χ4n) is 2.15. The van der Waals surface area contributed by atoms with Crippen molar-refractivity contribution in [2.75, 3.05) is 12.8 Å². The Bertz CT molecular complexity index is 789. The minimum Gasteiger partial charge on any atom is -0.494 e. The number of hydrogen-bond acceptors (Lipinski definition) is 4. The van der Waals surface area contributed by atoms with Gasteiger partial charge in [0.05, 0.1) is 13.3 Å². The van der Waals surface area contributed by atoms with E-state index in [4.69, 9.17) is 10.5 Å². The van der Waals surface area contributed by atoms with E-state index in [-0.39, 0.29) is 5.82 Å². The Hall–Kier alpha value is -2.69. The van der Waals surface area contributed by atoms with Crippen molar-refractivity contribution in [3.05, 3.63) is 48.4 Å². The Morgan fingerprint density at radius 1 is 1.05 bits per heavy atom. The van der Waals surface area contributed by atoms with E-state index in [2.05, 4.69) is 9.97 Å². The minimum atomic E-state index is -0.308. The van der Waals surface area contributed by atoms with Gasteiger partial charge in [0.2, 0.25) is 0 Å². The van der Waals surface area contributed by atoms with Gasteiger partial charge in [-0.15, -0.1) is 0 Å². The maximum Gasteiger partial charge on any atom is 0.146 e. The molecule has 0 aliphatic rings. The van der Waals surface area contributed by atoms with Crippen LogP contribution in [0.3, 0.4) is 0 Å². The number of hydrogen-bond donors (Lipinski definition) is 1. The molecule has 0 spiro atoms. The molecule has 1 heterocycles. The van der Waals surface area contributed by atoms with Gasteiger partial charge < -0.3 is 10.5 Å². The van der Waals surface area contributed by atoms with E-state index in [1.54, 1.807) is 37.4 Å². The van der Waals surface area contributed by atoms with Crippen LogP contribution in [0.15, 0.2) is 42.6 Å². The van der Waals surface area contributed by atoms with E-state index < -0.39 is 0 Å². The van der Waals surface area contributed by atoms with Crippen molar-refractivity contribution in [3.63, 3.8) is 0 Å². The zero-order valence-corrected chi connectivity index (χ0v) is 10.8. The quantitative estimate of drug-likeness (QED) is 0.776. The molecule has 0 radical (unpaired) electrons. The molecule has 0 aliphatic carbocycles. The molecule has 2 N–H and O–H groups in total. The van der Waals surface area contributed by atoms with Crippen LogP contribution in [-0.4, -0.2) is 17.1 Å². The molecule has 0 saturated carbocycles. The molecule has 3 aromatic rings. The normalized spacial score (nSPS) is 10.7. The third-order valence-electron chi connectivity index (χ3n) is 3.06. The molecule has 2 aromatic carbocycles. The highest BCUT2D eigenvalue weighted by Crippen LogP contribution is 2.33. The van der Waals surface area contributed by atoms with Crippen LogP contribution in [0.4, 0.5) is 10.2 Å². The third-order valence-corrected chi connectivity index (χ3v) is 3.06. The lowest BCUT2D eigenvalue weighted by atomic mass is 10.0. The highest BCUT2D eigenvalue weighted by molar-refractivity contribution is 5.95. The molecule has 0 fully saturated rings. The molecule has 100 valence electrons. The number of nitrogens with two attached hydrogens (primary N) is 1. The van der Waals surface area contributed by atoms with Crippen LogP contribution >= 0.6 is 0 Å². The van der Waals surface area contributed by atoms with Crippen molar-refractivity contribution in [2.45, 2.75) is 0 Å². The number of ether oxygens (including phenoxy) is 1. The SMILES string of the molecule is COc1ccc(-c2ccccc2F)c2ncc(N)nc12. The maximum atomic E-state index is 14.0. The molecule has 0 unspecified atom stereocenters. The monoisotopic (exact) mass is 269 g/mol. The van der Waals surface area contributed by atoms with Crippen molar-refractivity contribution >= 4 is 16.9 Å². The second-order valence-electron chi connectivity index (χ2n) is 4.29. The van der Waals surface area contributed by atoms with Gasteiger partial charge >= 0.3 is 0 Å². The maximum absolute atomic E-state index is 14.0. The van der Waals surface area contributed by atoms with Gasteiger partial charge in [0.25, 0.3) is 0 Å². The fraction of sp³-hybridized carbons (Fsp3) is 0.0667. The molecule has 0 amide bonds. The Morgan fingerprint density at radius 3 is 2.60 bits per heavy atom. The average molecular weight is 269 g/mol. The molecule has 5 heteroatoms. The van der Waals surface area contributed by atoms with Gasteiger partial charge in [-0.05, 0) is 18.2 Å². The highest BCUT2D eigenvalue weighted by atomic mass is 19.1. The zero-order valence-electron chi connectivity index (χ0n) is 10.8. The fourth-order valence-corrected chi connectivity index (χ4v) is 2.15. The largest absolute Gasteiger partial charge is 0.494 e. The number of rotatable bonds is 2. The van der Waals surface area contributed by atoms with E-state index in [1.165, 1.54) is 12.3 Å². The van der Waals surface area contributed by atoms with Gasteiger partial charge in [-0.1, -0.05) is 18.2 Å². The number of halogens is 1. The molecule has 20 heavy (non-hydrogen) atoms. The summed E-state index contributed by atoms with van der Waals surface area (Å²) in [5.74, 6) is 0.541. The Balaban J connectivity index is 2.36. The zero-order chi connectivity index (χ0) is 14.1. The molecule has 0 aliphatic heterocycles. The number of methoxy groups -OCH3 is 1. The standard InChI is InChI=1S/C15H12FN3O/c1-20-12-7-6-10(9-4-2-3-5-11(9)16)14-15(12)19-13(17)8-18-14/h2-8H,1H3,(H2,17,19). The van der Waals surface area contributed by atoms with Crippen LogP contribution < -0.4 is 10.5 Å². The van der Waals surface area contributed by atoms with E-state index in [0.29, 0.717) is 33.7 Å². The van der Waals surface area contributed by atoms with E-state index in [0.717, 1.165) is 0 Å². The average Bonchev–Trinajstić information content (AvgIpc) is 2.46. The second-order valence-corrected chi connectivity index (χ2v) is 4.29. The van der Waals surface area contributed by atoms with E-state index in [9.17, 15) is 4.39 Å². The summed E-state index contributed by atoms with van der Waals surface area (Å²) in [5, 5.41) is 0. The Morgan fingerprint density at radius 2 is 1.85 bits per heavy atom. The molecule has 4 nitrogen and oxygen atoms in total. The van der Waals surface area contributed by atoms with Crippen molar-refractivity contribution in [1.82, 2.24) is 9.97 Å². The summed E-state index contributed by atoms with van der Waals surface area (Å²) in [6.45, 7) is 0. The first-order valence-electron chi connectivity index (χ1n) is 6.05. The van der Waals surface area contributed by atoms with Gasteiger partial charge in [0.1, 0.15) is 28.4 Å². The number of anilines is 1. The smallest absolute Gasteiger partial charge is 0.146 e. The van der Waals surface area contributed by atoms with Crippen LogP contribution in [-0.2, 0) is 0 Å². The van der Waals surface area contributed by atoms with Crippen LogP contribution in [0.25, 0.3) is 22.2 Å². The van der Waals surface area contributed by atoms with Gasteiger partial charge in [0, 0.05) is 11.1 Å². The molecule has 0 bridgehead atoms. The van der Waals surface area contributed by atoms with Crippen molar-refractivity contribution in [2.24, 2.45) is 0 Å². The van der Waals surface area contributed by atoms with Crippen molar-refractivity contribution < 1.29 is 9.13 Å². The number of benzene rings is 2. The molecule has 0 atom stereocenters. The number of nitrogen functional groups attached to an aromatic ring is 1. The van der Waals surface area contributed by atoms with Crippen LogP contribution in [0.2, 0.25) is 0 Å².